The quantitative estimate of drug-likeness (QED) is 0.685. The highest BCUT2D eigenvalue weighted by atomic mass is 16.2. The first-order valence-corrected chi connectivity index (χ1v) is 5.55. The lowest BCUT2D eigenvalue weighted by molar-refractivity contribution is -0.123. The van der Waals surface area contributed by atoms with Crippen LogP contribution in [0, 0.1) is 5.92 Å². The molecular formula is C11H24N2O. The zero-order valence-electron chi connectivity index (χ0n) is 9.84. The van der Waals surface area contributed by atoms with E-state index in [1.54, 1.807) is 0 Å². The van der Waals surface area contributed by atoms with Crippen LogP contribution in [0.15, 0.2) is 0 Å². The topological polar surface area (TPSA) is 55.1 Å². The molecule has 0 heterocycles. The minimum atomic E-state index is -0.376. The van der Waals surface area contributed by atoms with Gasteiger partial charge in [-0.15, -0.1) is 0 Å². The zero-order valence-corrected chi connectivity index (χ0v) is 9.84. The minimum absolute atomic E-state index is 0.0244. The lowest BCUT2D eigenvalue weighted by Crippen LogP contribution is -2.47. The fourth-order valence-corrected chi connectivity index (χ4v) is 1.22. The molecule has 3 nitrogen and oxygen atoms in total. The number of hydrogen-bond donors (Lipinski definition) is 2. The average molecular weight is 200 g/mol. The minimum Gasteiger partial charge on any atom is -0.352 e. The number of nitrogens with one attached hydrogen (secondary N) is 1. The van der Waals surface area contributed by atoms with Crippen LogP contribution in [0.3, 0.4) is 0 Å². The summed E-state index contributed by atoms with van der Waals surface area (Å²) in [5, 5.41) is 2.93. The van der Waals surface area contributed by atoms with Gasteiger partial charge in [-0.2, -0.15) is 0 Å². The van der Waals surface area contributed by atoms with E-state index in [0.717, 1.165) is 19.3 Å². The molecule has 0 aromatic rings. The van der Waals surface area contributed by atoms with Crippen molar-refractivity contribution in [2.24, 2.45) is 11.7 Å². The molecule has 0 aromatic heterocycles. The van der Waals surface area contributed by atoms with E-state index in [4.69, 9.17) is 5.73 Å². The van der Waals surface area contributed by atoms with Gasteiger partial charge in [0, 0.05) is 6.04 Å². The van der Waals surface area contributed by atoms with Crippen LogP contribution in [-0.2, 0) is 4.79 Å². The average Bonchev–Trinajstić information content (AvgIpc) is 2.13. The highest BCUT2D eigenvalue weighted by molar-refractivity contribution is 5.81. The highest BCUT2D eigenvalue weighted by Crippen LogP contribution is 2.02. The fraction of sp³-hybridized carbons (Fsp3) is 0.909. The first-order valence-electron chi connectivity index (χ1n) is 5.55. The highest BCUT2D eigenvalue weighted by Gasteiger charge is 2.18. The van der Waals surface area contributed by atoms with E-state index in [1.165, 1.54) is 0 Å². The van der Waals surface area contributed by atoms with Gasteiger partial charge in [0.1, 0.15) is 0 Å². The first kappa shape index (κ1) is 13.4. The van der Waals surface area contributed by atoms with E-state index >= 15 is 0 Å². The first-order chi connectivity index (χ1) is 6.49. The third kappa shape index (κ3) is 5.22. The monoisotopic (exact) mass is 200 g/mol. The van der Waals surface area contributed by atoms with Gasteiger partial charge in [0.05, 0.1) is 6.04 Å². The molecule has 0 bridgehead atoms. The van der Waals surface area contributed by atoms with Crippen LogP contribution < -0.4 is 11.1 Å². The van der Waals surface area contributed by atoms with Crippen molar-refractivity contribution in [3.8, 4) is 0 Å². The Labute approximate surface area is 87.4 Å². The Kier molecular flexibility index (Phi) is 6.54. The van der Waals surface area contributed by atoms with E-state index in [-0.39, 0.29) is 23.9 Å². The molecule has 3 heteroatoms. The Morgan fingerprint density at radius 1 is 1.36 bits per heavy atom. The van der Waals surface area contributed by atoms with Gasteiger partial charge in [-0.05, 0) is 19.3 Å². The van der Waals surface area contributed by atoms with Gasteiger partial charge in [-0.1, -0.05) is 33.6 Å². The van der Waals surface area contributed by atoms with Crippen molar-refractivity contribution in [3.63, 3.8) is 0 Å². The molecule has 0 rings (SSSR count). The summed E-state index contributed by atoms with van der Waals surface area (Å²) in [5.74, 6) is 0.178. The third-order valence-electron chi connectivity index (χ3n) is 2.40. The van der Waals surface area contributed by atoms with Crippen LogP contribution in [-0.4, -0.2) is 18.0 Å². The molecule has 1 unspecified atom stereocenters. The van der Waals surface area contributed by atoms with Crippen LogP contribution in [0.25, 0.3) is 0 Å². The van der Waals surface area contributed by atoms with Crippen LogP contribution in [0.1, 0.15) is 47.0 Å². The molecule has 3 N–H and O–H groups in total. The summed E-state index contributed by atoms with van der Waals surface area (Å²) in [5.41, 5.74) is 5.72. The number of amides is 1. The van der Waals surface area contributed by atoms with Gasteiger partial charge in [0.25, 0.3) is 0 Å². The van der Waals surface area contributed by atoms with E-state index in [9.17, 15) is 4.79 Å². The molecule has 0 aliphatic heterocycles. The Morgan fingerprint density at radius 3 is 2.36 bits per heavy atom. The zero-order chi connectivity index (χ0) is 11.1. The van der Waals surface area contributed by atoms with Gasteiger partial charge in [0.15, 0.2) is 0 Å². The molecule has 0 radical (unpaired) electrons. The van der Waals surface area contributed by atoms with E-state index in [2.05, 4.69) is 12.2 Å². The van der Waals surface area contributed by atoms with Crippen molar-refractivity contribution >= 4 is 5.91 Å². The van der Waals surface area contributed by atoms with Crippen molar-refractivity contribution in [1.82, 2.24) is 5.32 Å². The predicted molar refractivity (Wildman–Crippen MR) is 59.9 cm³/mol. The van der Waals surface area contributed by atoms with Gasteiger partial charge in [-0.25, -0.2) is 0 Å². The summed E-state index contributed by atoms with van der Waals surface area (Å²) in [6, 6.07) is -0.133. The maximum atomic E-state index is 11.5. The van der Waals surface area contributed by atoms with Gasteiger partial charge < -0.3 is 11.1 Å². The lowest BCUT2D eigenvalue weighted by Gasteiger charge is -2.19. The van der Waals surface area contributed by atoms with Crippen molar-refractivity contribution in [1.29, 1.82) is 0 Å². The van der Waals surface area contributed by atoms with Crippen molar-refractivity contribution in [2.45, 2.75) is 59.0 Å². The number of rotatable bonds is 6. The second-order valence-corrected chi connectivity index (χ2v) is 4.32. The Hall–Kier alpha value is -0.570. The Balaban J connectivity index is 3.81. The summed E-state index contributed by atoms with van der Waals surface area (Å²) in [7, 11) is 0. The molecule has 14 heavy (non-hydrogen) atoms. The molecule has 0 fully saturated rings. The predicted octanol–water partition coefficient (Wildman–Crippen LogP) is 1.66. The lowest BCUT2D eigenvalue weighted by atomic mass is 10.0. The second kappa shape index (κ2) is 6.82. The van der Waals surface area contributed by atoms with Crippen LogP contribution in [0.4, 0.5) is 0 Å². The van der Waals surface area contributed by atoms with E-state index in [0.29, 0.717) is 0 Å². The summed E-state index contributed by atoms with van der Waals surface area (Å²) in [6.07, 6.45) is 3.35. The van der Waals surface area contributed by atoms with Crippen LogP contribution in [0.2, 0.25) is 0 Å². The standard InChI is InChI=1S/C11H24N2O/c1-5-6-7-9(4)13-11(14)10(12)8(2)3/h8-10H,5-7,12H2,1-4H3,(H,13,14)/t9?,10-/m0/s1. The SMILES string of the molecule is CCCCC(C)NC(=O)[C@@H](N)C(C)C. The number of carbonyl (C=O) groups is 1. The molecule has 0 saturated carbocycles. The molecule has 0 spiro atoms. The summed E-state index contributed by atoms with van der Waals surface area (Å²) < 4.78 is 0. The molecule has 0 aliphatic carbocycles. The maximum Gasteiger partial charge on any atom is 0.237 e. The molecular weight excluding hydrogens is 176 g/mol. The Morgan fingerprint density at radius 2 is 1.93 bits per heavy atom. The van der Waals surface area contributed by atoms with E-state index in [1.807, 2.05) is 20.8 Å². The number of unbranched alkanes of at least 4 members (excludes halogenated alkanes) is 1. The van der Waals surface area contributed by atoms with Crippen LogP contribution >= 0.6 is 0 Å². The number of carbonyl (C=O) groups excluding carboxylic acids is 1. The second-order valence-electron chi connectivity index (χ2n) is 4.32. The van der Waals surface area contributed by atoms with Crippen molar-refractivity contribution < 1.29 is 4.79 Å². The Bertz CT molecular complexity index is 169. The maximum absolute atomic E-state index is 11.5. The molecule has 84 valence electrons. The smallest absolute Gasteiger partial charge is 0.237 e. The van der Waals surface area contributed by atoms with Gasteiger partial charge in [-0.3, -0.25) is 4.79 Å². The van der Waals surface area contributed by atoms with Crippen molar-refractivity contribution in [3.05, 3.63) is 0 Å². The normalized spacial score (nSPS) is 15.3. The molecule has 0 aliphatic rings. The van der Waals surface area contributed by atoms with Crippen LogP contribution in [0.5, 0.6) is 0 Å². The third-order valence-corrected chi connectivity index (χ3v) is 2.40. The van der Waals surface area contributed by atoms with E-state index < -0.39 is 0 Å². The molecule has 1 amide bonds. The number of hydrogen-bond acceptors (Lipinski definition) is 2. The molecule has 2 atom stereocenters. The van der Waals surface area contributed by atoms with Crippen molar-refractivity contribution in [2.75, 3.05) is 0 Å². The molecule has 0 aromatic carbocycles. The van der Waals surface area contributed by atoms with Gasteiger partial charge >= 0.3 is 0 Å². The van der Waals surface area contributed by atoms with Gasteiger partial charge in [0.2, 0.25) is 5.91 Å². The molecule has 0 saturated heterocycles. The summed E-state index contributed by atoms with van der Waals surface area (Å²) in [6.45, 7) is 8.09. The fourth-order valence-electron chi connectivity index (χ4n) is 1.22. The number of nitrogens with two attached hydrogens (primary N) is 1. The largest absolute Gasteiger partial charge is 0.352 e. The summed E-state index contributed by atoms with van der Waals surface area (Å²) in [4.78, 5) is 11.5. The summed E-state index contributed by atoms with van der Waals surface area (Å²) >= 11 is 0.